The summed E-state index contributed by atoms with van der Waals surface area (Å²) < 4.78 is 0. The van der Waals surface area contributed by atoms with Gasteiger partial charge in [0.25, 0.3) is 0 Å². The van der Waals surface area contributed by atoms with Crippen molar-refractivity contribution in [2.24, 2.45) is 5.92 Å². The fraction of sp³-hybridized carbons (Fsp3) is 0.533. The molecule has 1 aliphatic rings. The molecule has 0 amide bonds. The van der Waals surface area contributed by atoms with Crippen LogP contribution in [0, 0.1) is 19.8 Å². The minimum absolute atomic E-state index is 0.111. The highest BCUT2D eigenvalue weighted by atomic mass is 16.3. The minimum Gasteiger partial charge on any atom is -0.393 e. The molecule has 1 fully saturated rings. The molecule has 1 aromatic carbocycles. The standard InChI is InChI=1S/C15H20O2/c1-10-3-8-14(11(2)9-10)15(17)12-4-6-13(16)7-5-12/h3,8-9,12-13,16H,4-7H2,1-2H3. The van der Waals surface area contributed by atoms with Crippen LogP contribution in [-0.4, -0.2) is 17.0 Å². The van der Waals surface area contributed by atoms with Crippen LogP contribution in [0.15, 0.2) is 18.2 Å². The Balaban J connectivity index is 2.14. The van der Waals surface area contributed by atoms with E-state index in [0.29, 0.717) is 0 Å². The predicted molar refractivity (Wildman–Crippen MR) is 68.2 cm³/mol. The summed E-state index contributed by atoms with van der Waals surface area (Å²) in [6, 6.07) is 6.00. The summed E-state index contributed by atoms with van der Waals surface area (Å²) in [6.07, 6.45) is 2.99. The number of aryl methyl sites for hydroxylation is 2. The molecule has 0 saturated heterocycles. The molecule has 0 spiro atoms. The van der Waals surface area contributed by atoms with Gasteiger partial charge in [0.2, 0.25) is 0 Å². The van der Waals surface area contributed by atoms with Crippen molar-refractivity contribution in [2.75, 3.05) is 0 Å². The van der Waals surface area contributed by atoms with E-state index in [-0.39, 0.29) is 17.8 Å². The van der Waals surface area contributed by atoms with E-state index < -0.39 is 0 Å². The molecule has 0 aromatic heterocycles. The van der Waals surface area contributed by atoms with Crippen LogP contribution in [0.3, 0.4) is 0 Å². The number of carbonyl (C=O) groups excluding carboxylic acids is 1. The number of hydrogen-bond acceptors (Lipinski definition) is 2. The van der Waals surface area contributed by atoms with Crippen molar-refractivity contribution in [1.82, 2.24) is 0 Å². The Labute approximate surface area is 103 Å². The Hall–Kier alpha value is -1.15. The second kappa shape index (κ2) is 5.01. The van der Waals surface area contributed by atoms with Gasteiger partial charge in [0.1, 0.15) is 0 Å². The van der Waals surface area contributed by atoms with Crippen molar-refractivity contribution in [2.45, 2.75) is 45.6 Å². The van der Waals surface area contributed by atoms with Crippen LogP contribution >= 0.6 is 0 Å². The number of hydrogen-bond donors (Lipinski definition) is 1. The zero-order valence-corrected chi connectivity index (χ0v) is 10.6. The van der Waals surface area contributed by atoms with Crippen molar-refractivity contribution >= 4 is 5.78 Å². The summed E-state index contributed by atoms with van der Waals surface area (Å²) >= 11 is 0. The van der Waals surface area contributed by atoms with Crippen LogP contribution in [0.2, 0.25) is 0 Å². The smallest absolute Gasteiger partial charge is 0.166 e. The van der Waals surface area contributed by atoms with Crippen LogP contribution in [0.5, 0.6) is 0 Å². The highest BCUT2D eigenvalue weighted by Crippen LogP contribution is 2.28. The van der Waals surface area contributed by atoms with Gasteiger partial charge in [-0.3, -0.25) is 4.79 Å². The number of rotatable bonds is 2. The Bertz CT molecular complexity index is 415. The van der Waals surface area contributed by atoms with Crippen molar-refractivity contribution in [3.05, 3.63) is 34.9 Å². The van der Waals surface area contributed by atoms with Gasteiger partial charge in [0.05, 0.1) is 6.10 Å². The molecule has 2 rings (SSSR count). The van der Waals surface area contributed by atoms with Gasteiger partial charge in [0, 0.05) is 11.5 Å². The normalized spacial score (nSPS) is 24.6. The van der Waals surface area contributed by atoms with Crippen LogP contribution in [0.1, 0.15) is 47.2 Å². The second-order valence-corrected chi connectivity index (χ2v) is 5.19. The molecule has 92 valence electrons. The largest absolute Gasteiger partial charge is 0.393 e. The third-order valence-electron chi connectivity index (χ3n) is 3.71. The Kier molecular flexibility index (Phi) is 3.63. The lowest BCUT2D eigenvalue weighted by molar-refractivity contribution is 0.0764. The van der Waals surface area contributed by atoms with Gasteiger partial charge >= 0.3 is 0 Å². The minimum atomic E-state index is -0.196. The molecule has 2 heteroatoms. The van der Waals surface area contributed by atoms with Crippen molar-refractivity contribution in [3.8, 4) is 0 Å². The number of ketones is 1. The number of benzene rings is 1. The summed E-state index contributed by atoms with van der Waals surface area (Å²) in [6.45, 7) is 4.04. The van der Waals surface area contributed by atoms with Gasteiger partial charge in [0.15, 0.2) is 5.78 Å². The molecule has 0 unspecified atom stereocenters. The summed E-state index contributed by atoms with van der Waals surface area (Å²) in [5.41, 5.74) is 3.12. The summed E-state index contributed by atoms with van der Waals surface area (Å²) in [7, 11) is 0. The second-order valence-electron chi connectivity index (χ2n) is 5.19. The Morgan fingerprint density at radius 2 is 1.82 bits per heavy atom. The van der Waals surface area contributed by atoms with Gasteiger partial charge in [-0.05, 0) is 45.1 Å². The zero-order chi connectivity index (χ0) is 12.4. The van der Waals surface area contributed by atoms with Crippen LogP contribution in [0.25, 0.3) is 0 Å². The lowest BCUT2D eigenvalue weighted by Crippen LogP contribution is -2.24. The zero-order valence-electron chi connectivity index (χ0n) is 10.6. The lowest BCUT2D eigenvalue weighted by atomic mass is 9.81. The number of aliphatic hydroxyl groups is 1. The lowest BCUT2D eigenvalue weighted by Gasteiger charge is -2.24. The van der Waals surface area contributed by atoms with E-state index >= 15 is 0 Å². The van der Waals surface area contributed by atoms with E-state index in [4.69, 9.17) is 0 Å². The van der Waals surface area contributed by atoms with E-state index in [0.717, 1.165) is 36.8 Å². The molecule has 2 nitrogen and oxygen atoms in total. The van der Waals surface area contributed by atoms with Crippen molar-refractivity contribution < 1.29 is 9.90 Å². The molecule has 0 heterocycles. The SMILES string of the molecule is Cc1ccc(C(=O)C2CCC(O)CC2)c(C)c1. The topological polar surface area (TPSA) is 37.3 Å². The van der Waals surface area contributed by atoms with E-state index in [1.54, 1.807) is 0 Å². The molecule has 0 bridgehead atoms. The first-order valence-electron chi connectivity index (χ1n) is 6.37. The van der Waals surface area contributed by atoms with Gasteiger partial charge in [-0.2, -0.15) is 0 Å². The van der Waals surface area contributed by atoms with Crippen LogP contribution < -0.4 is 0 Å². The van der Waals surface area contributed by atoms with Gasteiger partial charge < -0.3 is 5.11 Å². The summed E-state index contributed by atoms with van der Waals surface area (Å²) in [4.78, 5) is 12.4. The monoisotopic (exact) mass is 232 g/mol. The molecule has 0 radical (unpaired) electrons. The van der Waals surface area contributed by atoms with E-state index in [9.17, 15) is 9.90 Å². The third-order valence-corrected chi connectivity index (χ3v) is 3.71. The molecule has 1 saturated carbocycles. The molecular formula is C15H20O2. The Morgan fingerprint density at radius 1 is 1.18 bits per heavy atom. The maximum absolute atomic E-state index is 12.4. The van der Waals surface area contributed by atoms with Crippen LogP contribution in [0.4, 0.5) is 0 Å². The molecule has 1 N–H and O–H groups in total. The predicted octanol–water partition coefficient (Wildman–Crippen LogP) is 3.04. The molecule has 0 aliphatic heterocycles. The average molecular weight is 232 g/mol. The first kappa shape index (κ1) is 12.3. The average Bonchev–Trinajstić information content (AvgIpc) is 2.29. The molecular weight excluding hydrogens is 212 g/mol. The number of aliphatic hydroxyl groups excluding tert-OH is 1. The van der Waals surface area contributed by atoms with Crippen LogP contribution in [-0.2, 0) is 0 Å². The highest BCUT2D eigenvalue weighted by molar-refractivity contribution is 5.99. The van der Waals surface area contributed by atoms with Gasteiger partial charge in [-0.1, -0.05) is 23.8 Å². The summed E-state index contributed by atoms with van der Waals surface area (Å²) in [5.74, 6) is 0.370. The quantitative estimate of drug-likeness (QED) is 0.796. The molecule has 1 aromatic rings. The van der Waals surface area contributed by atoms with E-state index in [1.807, 2.05) is 26.0 Å². The molecule has 17 heavy (non-hydrogen) atoms. The highest BCUT2D eigenvalue weighted by Gasteiger charge is 2.26. The fourth-order valence-corrected chi connectivity index (χ4v) is 2.65. The third kappa shape index (κ3) is 2.75. The van der Waals surface area contributed by atoms with Gasteiger partial charge in [-0.15, -0.1) is 0 Å². The first-order valence-corrected chi connectivity index (χ1v) is 6.37. The van der Waals surface area contributed by atoms with E-state index in [2.05, 4.69) is 6.07 Å². The number of carbonyl (C=O) groups is 1. The van der Waals surface area contributed by atoms with Gasteiger partial charge in [-0.25, -0.2) is 0 Å². The maximum atomic E-state index is 12.4. The maximum Gasteiger partial charge on any atom is 0.166 e. The molecule has 0 atom stereocenters. The Morgan fingerprint density at radius 3 is 2.41 bits per heavy atom. The summed E-state index contributed by atoms with van der Waals surface area (Å²) in [5, 5.41) is 9.46. The van der Waals surface area contributed by atoms with E-state index in [1.165, 1.54) is 5.56 Å². The fourth-order valence-electron chi connectivity index (χ4n) is 2.65. The number of Topliss-reactive ketones (excluding diaryl/α,β-unsaturated/α-hetero) is 1. The van der Waals surface area contributed by atoms with Crippen molar-refractivity contribution in [1.29, 1.82) is 0 Å². The first-order chi connectivity index (χ1) is 8.08. The van der Waals surface area contributed by atoms with Crippen molar-refractivity contribution in [3.63, 3.8) is 0 Å². The molecule has 1 aliphatic carbocycles.